The predicted molar refractivity (Wildman–Crippen MR) is 114 cm³/mol. The highest BCUT2D eigenvalue weighted by Crippen LogP contribution is 2.22. The van der Waals surface area contributed by atoms with Crippen LogP contribution in [0.3, 0.4) is 0 Å². The smallest absolute Gasteiger partial charge is 0.271 e. The first-order valence-electron chi connectivity index (χ1n) is 10.2. The first-order valence-corrected chi connectivity index (χ1v) is 10.2. The average Bonchev–Trinajstić information content (AvgIpc) is 3.29. The summed E-state index contributed by atoms with van der Waals surface area (Å²) in [7, 11) is 0. The number of hydrogen-bond acceptors (Lipinski definition) is 5. The van der Waals surface area contributed by atoms with Crippen LogP contribution in [0.4, 0.5) is 0 Å². The summed E-state index contributed by atoms with van der Waals surface area (Å²) in [4.78, 5) is 14.6. The molecule has 0 bridgehead atoms. The standard InChI is InChI=1S/C23H26N4O3/c28-23(24-11-13-26-14-16-29-17-15-26)22-10-12-27(25-22)18-30-21-8-6-20(7-9-21)19-4-2-1-3-5-19/h1-10,12H,11,13-18H2,(H,24,28). The van der Waals surface area contributed by atoms with E-state index in [1.165, 1.54) is 5.56 Å². The Morgan fingerprint density at radius 3 is 2.50 bits per heavy atom. The zero-order valence-corrected chi connectivity index (χ0v) is 16.9. The second kappa shape index (κ2) is 10.0. The Balaban J connectivity index is 1.23. The van der Waals surface area contributed by atoms with E-state index in [0.29, 0.717) is 12.2 Å². The van der Waals surface area contributed by atoms with Crippen molar-refractivity contribution in [1.29, 1.82) is 0 Å². The molecule has 4 rings (SSSR count). The lowest BCUT2D eigenvalue weighted by molar-refractivity contribution is 0.0383. The fourth-order valence-electron chi connectivity index (χ4n) is 3.31. The Morgan fingerprint density at radius 1 is 1.00 bits per heavy atom. The molecule has 30 heavy (non-hydrogen) atoms. The molecule has 1 saturated heterocycles. The molecule has 2 aromatic carbocycles. The van der Waals surface area contributed by atoms with Crippen molar-refractivity contribution in [3.63, 3.8) is 0 Å². The lowest BCUT2D eigenvalue weighted by Crippen LogP contribution is -2.41. The average molecular weight is 406 g/mol. The third-order valence-electron chi connectivity index (χ3n) is 5.02. The Bertz CT molecular complexity index is 935. The maximum absolute atomic E-state index is 12.3. The van der Waals surface area contributed by atoms with Crippen molar-refractivity contribution in [2.24, 2.45) is 0 Å². The van der Waals surface area contributed by atoms with Gasteiger partial charge in [-0.25, -0.2) is 4.68 Å². The van der Waals surface area contributed by atoms with Crippen LogP contribution in [-0.2, 0) is 11.5 Å². The third kappa shape index (κ3) is 5.46. The Labute approximate surface area is 176 Å². The van der Waals surface area contributed by atoms with Gasteiger partial charge in [0.15, 0.2) is 6.73 Å². The van der Waals surface area contributed by atoms with Gasteiger partial charge < -0.3 is 14.8 Å². The summed E-state index contributed by atoms with van der Waals surface area (Å²) in [6.07, 6.45) is 1.75. The number of carbonyl (C=O) groups is 1. The van der Waals surface area contributed by atoms with E-state index >= 15 is 0 Å². The number of morpholine rings is 1. The summed E-state index contributed by atoms with van der Waals surface area (Å²) < 4.78 is 12.7. The van der Waals surface area contributed by atoms with Crippen molar-refractivity contribution >= 4 is 5.91 Å². The van der Waals surface area contributed by atoms with Crippen LogP contribution >= 0.6 is 0 Å². The van der Waals surface area contributed by atoms with Gasteiger partial charge in [-0.1, -0.05) is 42.5 Å². The molecule has 2 heterocycles. The van der Waals surface area contributed by atoms with Gasteiger partial charge >= 0.3 is 0 Å². The number of ether oxygens (including phenoxy) is 2. The Morgan fingerprint density at radius 2 is 1.73 bits per heavy atom. The zero-order chi connectivity index (χ0) is 20.6. The molecule has 156 valence electrons. The Hall–Kier alpha value is -3.16. The van der Waals surface area contributed by atoms with Crippen LogP contribution in [0.25, 0.3) is 11.1 Å². The molecule has 0 radical (unpaired) electrons. The number of hydrogen-bond donors (Lipinski definition) is 1. The number of nitrogens with one attached hydrogen (secondary N) is 1. The lowest BCUT2D eigenvalue weighted by atomic mass is 10.1. The highest BCUT2D eigenvalue weighted by atomic mass is 16.5. The van der Waals surface area contributed by atoms with Crippen LogP contribution in [0.5, 0.6) is 5.75 Å². The molecular formula is C23H26N4O3. The second-order valence-corrected chi connectivity index (χ2v) is 7.11. The van der Waals surface area contributed by atoms with Gasteiger partial charge in [-0.05, 0) is 29.3 Å². The highest BCUT2D eigenvalue weighted by Gasteiger charge is 2.12. The summed E-state index contributed by atoms with van der Waals surface area (Å²) in [5, 5.41) is 7.22. The van der Waals surface area contributed by atoms with Gasteiger partial charge in [0.05, 0.1) is 13.2 Å². The molecule has 1 aromatic heterocycles. The zero-order valence-electron chi connectivity index (χ0n) is 16.9. The molecule has 0 atom stereocenters. The predicted octanol–water partition coefficient (Wildman–Crippen LogP) is 2.65. The molecule has 0 aliphatic carbocycles. The van der Waals surface area contributed by atoms with Gasteiger partial charge in [-0.15, -0.1) is 0 Å². The summed E-state index contributed by atoms with van der Waals surface area (Å²) in [5.41, 5.74) is 2.69. The molecule has 0 unspecified atom stereocenters. The van der Waals surface area contributed by atoms with Crippen molar-refractivity contribution in [2.45, 2.75) is 6.73 Å². The molecule has 1 amide bonds. The van der Waals surface area contributed by atoms with E-state index in [9.17, 15) is 4.79 Å². The molecule has 7 heteroatoms. The number of aromatic nitrogens is 2. The van der Waals surface area contributed by atoms with E-state index in [1.54, 1.807) is 16.9 Å². The van der Waals surface area contributed by atoms with Crippen LogP contribution in [-0.4, -0.2) is 60.0 Å². The van der Waals surface area contributed by atoms with Crippen LogP contribution < -0.4 is 10.1 Å². The SMILES string of the molecule is O=C(NCCN1CCOCC1)c1ccn(COc2ccc(-c3ccccc3)cc2)n1. The van der Waals surface area contributed by atoms with Gasteiger partial charge in [0.25, 0.3) is 5.91 Å². The first-order chi connectivity index (χ1) is 14.8. The number of rotatable bonds is 8. The van der Waals surface area contributed by atoms with E-state index in [1.807, 2.05) is 42.5 Å². The van der Waals surface area contributed by atoms with Crippen LogP contribution in [0.1, 0.15) is 10.5 Å². The molecule has 1 aliphatic rings. The van der Waals surface area contributed by atoms with Gasteiger partial charge in [0.2, 0.25) is 0 Å². The molecule has 1 aliphatic heterocycles. The maximum Gasteiger partial charge on any atom is 0.271 e. The quantitative estimate of drug-likeness (QED) is 0.623. The largest absolute Gasteiger partial charge is 0.471 e. The fraction of sp³-hybridized carbons (Fsp3) is 0.304. The molecular weight excluding hydrogens is 380 g/mol. The van der Waals surface area contributed by atoms with Crippen molar-refractivity contribution in [3.8, 4) is 16.9 Å². The van der Waals surface area contributed by atoms with Crippen LogP contribution in [0.15, 0.2) is 66.9 Å². The van der Waals surface area contributed by atoms with Crippen LogP contribution in [0.2, 0.25) is 0 Å². The lowest BCUT2D eigenvalue weighted by Gasteiger charge is -2.26. The summed E-state index contributed by atoms with van der Waals surface area (Å²) >= 11 is 0. The van der Waals surface area contributed by atoms with E-state index in [2.05, 4.69) is 27.4 Å². The number of nitrogens with zero attached hydrogens (tertiary/aromatic N) is 3. The summed E-state index contributed by atoms with van der Waals surface area (Å²) in [6.45, 7) is 4.99. The molecule has 1 fully saturated rings. The van der Waals surface area contributed by atoms with Crippen molar-refractivity contribution in [1.82, 2.24) is 20.0 Å². The maximum atomic E-state index is 12.3. The number of carbonyl (C=O) groups excluding carboxylic acids is 1. The number of benzene rings is 2. The van der Waals surface area contributed by atoms with E-state index in [-0.39, 0.29) is 12.6 Å². The minimum Gasteiger partial charge on any atom is -0.471 e. The van der Waals surface area contributed by atoms with Gasteiger partial charge in [-0.3, -0.25) is 9.69 Å². The third-order valence-corrected chi connectivity index (χ3v) is 5.02. The van der Waals surface area contributed by atoms with E-state index < -0.39 is 0 Å². The van der Waals surface area contributed by atoms with E-state index in [4.69, 9.17) is 9.47 Å². The molecule has 3 aromatic rings. The topological polar surface area (TPSA) is 68.6 Å². The first kappa shape index (κ1) is 20.1. The van der Waals surface area contributed by atoms with Gasteiger partial charge in [-0.2, -0.15) is 5.10 Å². The van der Waals surface area contributed by atoms with Crippen LogP contribution in [0, 0.1) is 0 Å². The highest BCUT2D eigenvalue weighted by molar-refractivity contribution is 5.92. The monoisotopic (exact) mass is 406 g/mol. The molecule has 7 nitrogen and oxygen atoms in total. The molecule has 0 saturated carbocycles. The molecule has 0 spiro atoms. The van der Waals surface area contributed by atoms with Gasteiger partial charge in [0, 0.05) is 32.4 Å². The normalized spacial score (nSPS) is 14.4. The number of amides is 1. The second-order valence-electron chi connectivity index (χ2n) is 7.11. The minimum atomic E-state index is -0.172. The Kier molecular flexibility index (Phi) is 6.74. The summed E-state index contributed by atoms with van der Waals surface area (Å²) in [6, 6.07) is 19.8. The van der Waals surface area contributed by atoms with Gasteiger partial charge in [0.1, 0.15) is 11.4 Å². The van der Waals surface area contributed by atoms with Crippen molar-refractivity contribution in [2.75, 3.05) is 39.4 Å². The minimum absolute atomic E-state index is 0.172. The fourth-order valence-corrected chi connectivity index (χ4v) is 3.31. The molecule has 1 N–H and O–H groups in total. The van der Waals surface area contributed by atoms with Crippen molar-refractivity contribution in [3.05, 3.63) is 72.6 Å². The van der Waals surface area contributed by atoms with Crippen molar-refractivity contribution < 1.29 is 14.3 Å². The summed E-state index contributed by atoms with van der Waals surface area (Å²) in [5.74, 6) is 0.580. The van der Waals surface area contributed by atoms with E-state index in [0.717, 1.165) is 44.2 Å².